The van der Waals surface area contributed by atoms with Crippen molar-refractivity contribution in [3.05, 3.63) is 51.5 Å². The summed E-state index contributed by atoms with van der Waals surface area (Å²) in [7, 11) is 2.93. The van der Waals surface area contributed by atoms with Gasteiger partial charge in [-0.15, -0.1) is 0 Å². The van der Waals surface area contributed by atoms with Gasteiger partial charge in [-0.1, -0.05) is 11.6 Å². The van der Waals surface area contributed by atoms with E-state index >= 15 is 0 Å². The monoisotopic (exact) mass is 379 g/mol. The smallest absolute Gasteiger partial charge is 0.271 e. The second kappa shape index (κ2) is 8.39. The molecule has 0 aliphatic carbocycles. The quantitative estimate of drug-likeness (QED) is 0.561. The minimum Gasteiger partial charge on any atom is -0.495 e. The number of amides is 1. The Balaban J connectivity index is 2.12. The van der Waals surface area contributed by atoms with Crippen LogP contribution in [0, 0.1) is 10.1 Å². The largest absolute Gasteiger partial charge is 0.495 e. The van der Waals surface area contributed by atoms with Crippen LogP contribution in [0.5, 0.6) is 11.5 Å². The summed E-state index contributed by atoms with van der Waals surface area (Å²) >= 11 is 6.06. The van der Waals surface area contributed by atoms with Crippen LogP contribution in [0.15, 0.2) is 36.4 Å². The predicted octanol–water partition coefficient (Wildman–Crippen LogP) is 3.70. The van der Waals surface area contributed by atoms with Crippen molar-refractivity contribution in [1.82, 2.24) is 0 Å². The second-order valence-corrected chi connectivity index (χ2v) is 5.75. The van der Waals surface area contributed by atoms with E-state index in [0.717, 1.165) is 0 Å². The highest BCUT2D eigenvalue weighted by Gasteiger charge is 2.18. The van der Waals surface area contributed by atoms with E-state index < -0.39 is 16.9 Å². The van der Waals surface area contributed by atoms with E-state index in [4.69, 9.17) is 21.1 Å². The zero-order valence-electron chi connectivity index (χ0n) is 14.4. The Morgan fingerprint density at radius 2 is 1.81 bits per heavy atom. The number of hydrogen-bond donors (Lipinski definition) is 2. The van der Waals surface area contributed by atoms with E-state index in [9.17, 15) is 14.9 Å². The van der Waals surface area contributed by atoms with Crippen LogP contribution in [-0.2, 0) is 4.79 Å². The number of benzene rings is 2. The lowest BCUT2D eigenvalue weighted by Crippen LogP contribution is -2.32. The lowest BCUT2D eigenvalue weighted by atomic mass is 10.2. The van der Waals surface area contributed by atoms with Crippen molar-refractivity contribution in [2.75, 3.05) is 24.9 Å². The molecule has 0 aliphatic rings. The molecule has 0 spiro atoms. The summed E-state index contributed by atoms with van der Waals surface area (Å²) in [5, 5.41) is 17.0. The number of nitrogens with one attached hydrogen (secondary N) is 2. The molecule has 0 aromatic heterocycles. The standard InChI is InChI=1S/C17H18ClN3O5/c1-10(19-11-4-6-15(25-2)13(18)8-11)17(22)20-14-9-12(21(23)24)5-7-16(14)26-3/h4-10,19H,1-3H3,(H,20,22)/t10-/m0/s1. The van der Waals surface area contributed by atoms with E-state index in [1.807, 2.05) is 0 Å². The third kappa shape index (κ3) is 4.54. The molecular formula is C17H18ClN3O5. The number of nitrogens with zero attached hydrogens (tertiary/aromatic N) is 1. The molecule has 0 unspecified atom stereocenters. The molecule has 0 saturated heterocycles. The van der Waals surface area contributed by atoms with Gasteiger partial charge in [0.05, 0.1) is 29.9 Å². The van der Waals surface area contributed by atoms with Gasteiger partial charge in [0, 0.05) is 17.8 Å². The fourth-order valence-corrected chi connectivity index (χ4v) is 2.48. The Morgan fingerprint density at radius 1 is 1.15 bits per heavy atom. The number of ether oxygens (including phenoxy) is 2. The van der Waals surface area contributed by atoms with Crippen molar-refractivity contribution in [1.29, 1.82) is 0 Å². The molecule has 2 rings (SSSR count). The van der Waals surface area contributed by atoms with Crippen molar-refractivity contribution in [2.45, 2.75) is 13.0 Å². The number of carbonyl (C=O) groups excluding carboxylic acids is 1. The predicted molar refractivity (Wildman–Crippen MR) is 99.4 cm³/mol. The number of non-ortho nitro benzene ring substituents is 1. The number of anilines is 2. The summed E-state index contributed by atoms with van der Waals surface area (Å²) in [6.45, 7) is 1.65. The Hall–Kier alpha value is -3.00. The minimum absolute atomic E-state index is 0.149. The number of nitro benzene ring substituents is 1. The maximum absolute atomic E-state index is 12.4. The first kappa shape index (κ1) is 19.3. The Morgan fingerprint density at radius 3 is 2.38 bits per heavy atom. The number of methoxy groups -OCH3 is 2. The highest BCUT2D eigenvalue weighted by atomic mass is 35.5. The third-order valence-corrected chi connectivity index (χ3v) is 3.88. The van der Waals surface area contributed by atoms with Gasteiger partial charge in [-0.2, -0.15) is 0 Å². The van der Waals surface area contributed by atoms with Crippen molar-refractivity contribution in [3.8, 4) is 11.5 Å². The summed E-state index contributed by atoms with van der Waals surface area (Å²) < 4.78 is 10.2. The van der Waals surface area contributed by atoms with Crippen molar-refractivity contribution in [2.24, 2.45) is 0 Å². The average Bonchev–Trinajstić information content (AvgIpc) is 2.61. The van der Waals surface area contributed by atoms with Crippen LogP contribution >= 0.6 is 11.6 Å². The van der Waals surface area contributed by atoms with E-state index in [1.54, 1.807) is 25.1 Å². The maximum Gasteiger partial charge on any atom is 0.271 e. The maximum atomic E-state index is 12.4. The number of rotatable bonds is 7. The fraction of sp³-hybridized carbons (Fsp3) is 0.235. The summed E-state index contributed by atoms with van der Waals surface area (Å²) in [6, 6.07) is 8.38. The van der Waals surface area contributed by atoms with Crippen LogP contribution < -0.4 is 20.1 Å². The van der Waals surface area contributed by atoms with Gasteiger partial charge in [0.15, 0.2) is 0 Å². The van der Waals surface area contributed by atoms with Gasteiger partial charge >= 0.3 is 0 Å². The first-order valence-electron chi connectivity index (χ1n) is 7.59. The van der Waals surface area contributed by atoms with Gasteiger partial charge < -0.3 is 20.1 Å². The summed E-state index contributed by atoms with van der Waals surface area (Å²) in [6.07, 6.45) is 0. The molecule has 26 heavy (non-hydrogen) atoms. The Kier molecular flexibility index (Phi) is 6.24. The zero-order valence-corrected chi connectivity index (χ0v) is 15.2. The number of nitro groups is 1. The highest BCUT2D eigenvalue weighted by Crippen LogP contribution is 2.30. The number of halogens is 1. The molecule has 0 heterocycles. The van der Waals surface area contributed by atoms with Gasteiger partial charge in [-0.05, 0) is 31.2 Å². The molecule has 0 bridgehead atoms. The van der Waals surface area contributed by atoms with Crippen LogP contribution in [0.2, 0.25) is 5.02 Å². The summed E-state index contributed by atoms with van der Waals surface area (Å²) in [4.78, 5) is 22.8. The topological polar surface area (TPSA) is 103 Å². The van der Waals surface area contributed by atoms with Gasteiger partial charge in [0.2, 0.25) is 5.91 Å². The van der Waals surface area contributed by atoms with E-state index in [2.05, 4.69) is 10.6 Å². The summed E-state index contributed by atoms with van der Waals surface area (Å²) in [5.41, 5.74) is 0.696. The molecule has 1 atom stereocenters. The molecule has 2 N–H and O–H groups in total. The van der Waals surface area contributed by atoms with Crippen LogP contribution in [0.1, 0.15) is 6.92 Å². The Labute approximate surface area is 155 Å². The Bertz CT molecular complexity index is 828. The number of carbonyl (C=O) groups is 1. The zero-order chi connectivity index (χ0) is 19.3. The van der Waals surface area contributed by atoms with Crippen molar-refractivity contribution >= 4 is 34.6 Å². The first-order chi connectivity index (χ1) is 12.3. The molecule has 0 aliphatic heterocycles. The van der Waals surface area contributed by atoms with Gasteiger partial charge in [0.25, 0.3) is 5.69 Å². The molecule has 2 aromatic rings. The van der Waals surface area contributed by atoms with E-state index in [0.29, 0.717) is 22.2 Å². The van der Waals surface area contributed by atoms with E-state index in [-0.39, 0.29) is 11.4 Å². The molecule has 0 saturated carbocycles. The van der Waals surface area contributed by atoms with Gasteiger partial charge in [-0.25, -0.2) is 0 Å². The molecule has 2 aromatic carbocycles. The first-order valence-corrected chi connectivity index (χ1v) is 7.97. The molecule has 138 valence electrons. The molecular weight excluding hydrogens is 362 g/mol. The SMILES string of the molecule is COc1ccc(N[C@@H](C)C(=O)Nc2cc([N+](=O)[O-])ccc2OC)cc1Cl. The lowest BCUT2D eigenvalue weighted by molar-refractivity contribution is -0.384. The molecule has 0 fully saturated rings. The van der Waals surface area contributed by atoms with Crippen LogP contribution in [0.4, 0.5) is 17.1 Å². The highest BCUT2D eigenvalue weighted by molar-refractivity contribution is 6.32. The van der Waals surface area contributed by atoms with Crippen molar-refractivity contribution < 1.29 is 19.2 Å². The van der Waals surface area contributed by atoms with Crippen LogP contribution in [-0.4, -0.2) is 31.1 Å². The van der Waals surface area contributed by atoms with Gasteiger partial charge in [-0.3, -0.25) is 14.9 Å². The van der Waals surface area contributed by atoms with E-state index in [1.165, 1.54) is 32.4 Å². The molecule has 8 nitrogen and oxygen atoms in total. The van der Waals surface area contributed by atoms with Gasteiger partial charge in [0.1, 0.15) is 17.5 Å². The molecule has 1 amide bonds. The lowest BCUT2D eigenvalue weighted by Gasteiger charge is -2.17. The normalized spacial score (nSPS) is 11.4. The van der Waals surface area contributed by atoms with Crippen LogP contribution in [0.3, 0.4) is 0 Å². The summed E-state index contributed by atoms with van der Waals surface area (Å²) in [5.74, 6) is 0.454. The molecule has 0 radical (unpaired) electrons. The fourth-order valence-electron chi connectivity index (χ4n) is 2.22. The second-order valence-electron chi connectivity index (χ2n) is 5.35. The third-order valence-electron chi connectivity index (χ3n) is 3.58. The molecule has 9 heteroatoms. The average molecular weight is 380 g/mol. The van der Waals surface area contributed by atoms with Crippen molar-refractivity contribution in [3.63, 3.8) is 0 Å². The minimum atomic E-state index is -0.636. The number of hydrogen-bond acceptors (Lipinski definition) is 6. The van der Waals surface area contributed by atoms with Crippen LogP contribution in [0.25, 0.3) is 0 Å².